The second-order valence-corrected chi connectivity index (χ2v) is 5.82. The van der Waals surface area contributed by atoms with E-state index in [1.54, 1.807) is 0 Å². The summed E-state index contributed by atoms with van der Waals surface area (Å²) in [6.07, 6.45) is 1.05. The van der Waals surface area contributed by atoms with E-state index in [1.807, 2.05) is 11.0 Å². The summed E-state index contributed by atoms with van der Waals surface area (Å²) >= 11 is 0. The van der Waals surface area contributed by atoms with E-state index < -0.39 is 5.97 Å². The summed E-state index contributed by atoms with van der Waals surface area (Å²) in [4.78, 5) is 15.3. The Morgan fingerprint density at radius 3 is 2.70 bits per heavy atom. The molecule has 0 bridgehead atoms. The van der Waals surface area contributed by atoms with Crippen molar-refractivity contribution >= 4 is 5.97 Å². The molecule has 110 valence electrons. The van der Waals surface area contributed by atoms with Gasteiger partial charge in [0.1, 0.15) is 0 Å². The molecule has 0 amide bonds. The molecule has 1 atom stereocenters. The van der Waals surface area contributed by atoms with E-state index in [4.69, 9.17) is 5.11 Å². The number of benzene rings is 1. The molecule has 1 aromatic carbocycles. The predicted molar refractivity (Wildman–Crippen MR) is 79.6 cm³/mol. The molecule has 4 nitrogen and oxygen atoms in total. The van der Waals surface area contributed by atoms with Crippen molar-refractivity contribution in [2.75, 3.05) is 19.6 Å². The Morgan fingerprint density at radius 1 is 1.40 bits per heavy atom. The number of hydrogen-bond donors (Lipinski definition) is 1. The predicted octanol–water partition coefficient (Wildman–Crippen LogP) is 2.06. The van der Waals surface area contributed by atoms with Gasteiger partial charge in [-0.2, -0.15) is 0 Å². The minimum Gasteiger partial charge on any atom is -0.480 e. The summed E-state index contributed by atoms with van der Waals surface area (Å²) in [5, 5.41) is 8.89. The lowest BCUT2D eigenvalue weighted by Gasteiger charge is -2.32. The molecule has 1 aliphatic heterocycles. The molecule has 0 unspecified atom stereocenters. The molecule has 0 saturated carbocycles. The lowest BCUT2D eigenvalue weighted by atomic mass is 10.1. The van der Waals surface area contributed by atoms with Gasteiger partial charge in [-0.25, -0.2) is 0 Å². The highest BCUT2D eigenvalue weighted by atomic mass is 16.4. The fraction of sp³-hybridized carbons (Fsp3) is 0.562. The minimum absolute atomic E-state index is 0.160. The maximum Gasteiger partial charge on any atom is 0.317 e. The summed E-state index contributed by atoms with van der Waals surface area (Å²) < 4.78 is 0. The Labute approximate surface area is 121 Å². The van der Waals surface area contributed by atoms with Crippen molar-refractivity contribution in [3.63, 3.8) is 0 Å². The third-order valence-corrected chi connectivity index (χ3v) is 3.95. The molecule has 1 aliphatic rings. The lowest BCUT2D eigenvalue weighted by Crippen LogP contribution is -2.42. The molecule has 1 saturated heterocycles. The Bertz CT molecular complexity index is 433. The average Bonchev–Trinajstić information content (AvgIpc) is 2.84. The quantitative estimate of drug-likeness (QED) is 0.863. The van der Waals surface area contributed by atoms with Gasteiger partial charge in [-0.1, -0.05) is 30.3 Å². The number of hydrogen-bond acceptors (Lipinski definition) is 3. The zero-order valence-electron chi connectivity index (χ0n) is 12.3. The molecule has 0 spiro atoms. The maximum atomic E-state index is 10.8. The lowest BCUT2D eigenvalue weighted by molar-refractivity contribution is -0.138. The number of carboxylic acids is 1. The highest BCUT2D eigenvalue weighted by molar-refractivity contribution is 5.69. The largest absolute Gasteiger partial charge is 0.480 e. The second kappa shape index (κ2) is 6.86. The van der Waals surface area contributed by atoms with Crippen LogP contribution in [0, 0.1) is 0 Å². The molecule has 1 heterocycles. The summed E-state index contributed by atoms with van der Waals surface area (Å²) in [5.41, 5.74) is 1.32. The first-order valence-electron chi connectivity index (χ1n) is 7.30. The van der Waals surface area contributed by atoms with Gasteiger partial charge in [0.2, 0.25) is 0 Å². The molecule has 1 aromatic rings. The standard InChI is InChI=1S/C16H24N2O2/c1-13(2)18(10-14-6-4-3-5-7-14)15-8-9-17(11-15)12-16(19)20/h3-7,13,15H,8-12H2,1-2H3,(H,19,20)/t15-/m1/s1. The first-order chi connectivity index (χ1) is 9.56. The van der Waals surface area contributed by atoms with E-state index in [9.17, 15) is 4.79 Å². The average molecular weight is 276 g/mol. The van der Waals surface area contributed by atoms with Gasteiger partial charge < -0.3 is 5.11 Å². The van der Waals surface area contributed by atoms with Crippen LogP contribution in [0.2, 0.25) is 0 Å². The monoisotopic (exact) mass is 276 g/mol. The van der Waals surface area contributed by atoms with Gasteiger partial charge in [-0.05, 0) is 25.8 Å². The summed E-state index contributed by atoms with van der Waals surface area (Å²) in [5.74, 6) is -0.732. The zero-order chi connectivity index (χ0) is 14.5. The van der Waals surface area contributed by atoms with E-state index in [1.165, 1.54) is 5.56 Å². The van der Waals surface area contributed by atoms with Crippen molar-refractivity contribution in [2.45, 2.75) is 38.9 Å². The van der Waals surface area contributed by atoms with Gasteiger partial charge in [-0.3, -0.25) is 14.6 Å². The number of carboxylic acid groups (broad SMARTS) is 1. The zero-order valence-corrected chi connectivity index (χ0v) is 12.3. The molecular formula is C16H24N2O2. The van der Waals surface area contributed by atoms with Gasteiger partial charge >= 0.3 is 5.97 Å². The number of nitrogens with zero attached hydrogens (tertiary/aromatic N) is 2. The topological polar surface area (TPSA) is 43.8 Å². The first kappa shape index (κ1) is 15.0. The maximum absolute atomic E-state index is 10.8. The van der Waals surface area contributed by atoms with E-state index in [0.29, 0.717) is 12.1 Å². The SMILES string of the molecule is CC(C)N(Cc1ccccc1)[C@@H]1CCN(CC(=O)O)C1. The Kier molecular flexibility index (Phi) is 5.15. The fourth-order valence-corrected chi connectivity index (χ4v) is 2.95. The summed E-state index contributed by atoms with van der Waals surface area (Å²) in [7, 11) is 0. The number of rotatable bonds is 6. The van der Waals surface area contributed by atoms with E-state index in [2.05, 4.69) is 43.0 Å². The number of aliphatic carboxylic acids is 1. The van der Waals surface area contributed by atoms with Crippen LogP contribution in [-0.4, -0.2) is 52.6 Å². The number of likely N-dealkylation sites (tertiary alicyclic amines) is 1. The van der Waals surface area contributed by atoms with E-state index >= 15 is 0 Å². The van der Waals surface area contributed by atoms with Crippen LogP contribution in [0.25, 0.3) is 0 Å². The second-order valence-electron chi connectivity index (χ2n) is 5.82. The molecule has 1 N–H and O–H groups in total. The highest BCUT2D eigenvalue weighted by Crippen LogP contribution is 2.20. The Morgan fingerprint density at radius 2 is 2.10 bits per heavy atom. The van der Waals surface area contributed by atoms with Crippen molar-refractivity contribution in [1.29, 1.82) is 0 Å². The van der Waals surface area contributed by atoms with E-state index in [0.717, 1.165) is 26.1 Å². The molecular weight excluding hydrogens is 252 g/mol. The van der Waals surface area contributed by atoms with Crippen LogP contribution in [-0.2, 0) is 11.3 Å². The van der Waals surface area contributed by atoms with Crippen molar-refractivity contribution in [2.24, 2.45) is 0 Å². The first-order valence-corrected chi connectivity index (χ1v) is 7.30. The molecule has 20 heavy (non-hydrogen) atoms. The van der Waals surface area contributed by atoms with Crippen LogP contribution in [0.5, 0.6) is 0 Å². The molecule has 2 rings (SSSR count). The third-order valence-electron chi connectivity index (χ3n) is 3.95. The van der Waals surface area contributed by atoms with Crippen LogP contribution < -0.4 is 0 Å². The Balaban J connectivity index is 1.98. The van der Waals surface area contributed by atoms with Crippen LogP contribution in [0.3, 0.4) is 0 Å². The van der Waals surface area contributed by atoms with Crippen LogP contribution in [0.15, 0.2) is 30.3 Å². The minimum atomic E-state index is -0.732. The fourth-order valence-electron chi connectivity index (χ4n) is 2.95. The van der Waals surface area contributed by atoms with Gasteiger partial charge in [0.25, 0.3) is 0 Å². The molecule has 4 heteroatoms. The van der Waals surface area contributed by atoms with Crippen LogP contribution >= 0.6 is 0 Å². The molecule has 0 radical (unpaired) electrons. The molecule has 1 fully saturated rings. The normalized spacial score (nSPS) is 19.9. The van der Waals surface area contributed by atoms with Crippen LogP contribution in [0.4, 0.5) is 0 Å². The summed E-state index contributed by atoms with van der Waals surface area (Å²) in [6, 6.07) is 11.4. The Hall–Kier alpha value is -1.39. The van der Waals surface area contributed by atoms with Gasteiger partial charge in [0.05, 0.1) is 6.54 Å². The van der Waals surface area contributed by atoms with Crippen LogP contribution in [0.1, 0.15) is 25.8 Å². The third kappa shape index (κ3) is 4.05. The van der Waals surface area contributed by atoms with Crippen molar-refractivity contribution in [1.82, 2.24) is 9.80 Å². The number of carbonyl (C=O) groups is 1. The van der Waals surface area contributed by atoms with E-state index in [-0.39, 0.29) is 6.54 Å². The molecule has 0 aliphatic carbocycles. The molecule has 0 aromatic heterocycles. The van der Waals surface area contributed by atoms with Crippen molar-refractivity contribution < 1.29 is 9.90 Å². The smallest absolute Gasteiger partial charge is 0.317 e. The van der Waals surface area contributed by atoms with Gasteiger partial charge in [0, 0.05) is 31.7 Å². The summed E-state index contributed by atoms with van der Waals surface area (Å²) in [6.45, 7) is 7.26. The van der Waals surface area contributed by atoms with Crippen molar-refractivity contribution in [3.05, 3.63) is 35.9 Å². The highest BCUT2D eigenvalue weighted by Gasteiger charge is 2.29. The van der Waals surface area contributed by atoms with Gasteiger partial charge in [-0.15, -0.1) is 0 Å². The van der Waals surface area contributed by atoms with Crippen molar-refractivity contribution in [3.8, 4) is 0 Å². The van der Waals surface area contributed by atoms with Gasteiger partial charge in [0.15, 0.2) is 0 Å².